The van der Waals surface area contributed by atoms with Crippen LogP contribution in [0, 0.1) is 5.41 Å². The summed E-state index contributed by atoms with van der Waals surface area (Å²) < 4.78 is 10.8. The van der Waals surface area contributed by atoms with Crippen LogP contribution in [0.15, 0.2) is 76.7 Å². The van der Waals surface area contributed by atoms with Crippen LogP contribution in [0.3, 0.4) is 0 Å². The molecule has 4 aromatic rings. The zero-order valence-corrected chi connectivity index (χ0v) is 17.8. The standard InChI is InChI=1S/C23H19N5O3S/c1-30-16-9-7-15(8-10-16)28-19(24)17-11-12-31-22(17)27-20(28)23-26-18(13-32-23)21(29)25-14-5-3-2-4-6-14/h2-13,20,24,27H,1H3,(H,25,29). The molecule has 5 rings (SSSR count). The number of amides is 1. The number of methoxy groups -OCH3 is 1. The maximum atomic E-state index is 12.7. The summed E-state index contributed by atoms with van der Waals surface area (Å²) in [6, 6.07) is 18.4. The molecule has 1 aliphatic rings. The third-order valence-electron chi connectivity index (χ3n) is 5.06. The van der Waals surface area contributed by atoms with E-state index in [1.165, 1.54) is 11.3 Å². The number of thiazole rings is 1. The van der Waals surface area contributed by atoms with E-state index in [9.17, 15) is 4.79 Å². The Morgan fingerprint density at radius 1 is 1.19 bits per heavy atom. The minimum atomic E-state index is -0.516. The van der Waals surface area contributed by atoms with Gasteiger partial charge in [-0.2, -0.15) is 0 Å². The molecule has 0 saturated carbocycles. The first kappa shape index (κ1) is 19.8. The SMILES string of the molecule is COc1ccc(N2C(=N)c3ccoc3NC2c2nc(C(=O)Nc3ccccc3)cs2)cc1. The van der Waals surface area contributed by atoms with Crippen molar-refractivity contribution in [1.29, 1.82) is 5.41 Å². The summed E-state index contributed by atoms with van der Waals surface area (Å²) in [5, 5.41) is 17.3. The predicted octanol–water partition coefficient (Wildman–Crippen LogP) is 4.95. The molecular weight excluding hydrogens is 426 g/mol. The average Bonchev–Trinajstić information content (AvgIpc) is 3.50. The van der Waals surface area contributed by atoms with Crippen molar-refractivity contribution in [2.75, 3.05) is 22.6 Å². The second-order valence-corrected chi connectivity index (χ2v) is 7.91. The van der Waals surface area contributed by atoms with Crippen molar-refractivity contribution in [2.45, 2.75) is 6.17 Å². The van der Waals surface area contributed by atoms with E-state index in [1.807, 2.05) is 59.5 Å². The highest BCUT2D eigenvalue weighted by atomic mass is 32.1. The highest BCUT2D eigenvalue weighted by molar-refractivity contribution is 7.10. The fourth-order valence-corrected chi connectivity index (χ4v) is 4.32. The van der Waals surface area contributed by atoms with Crippen molar-refractivity contribution >= 4 is 40.3 Å². The number of ether oxygens (including phenoxy) is 1. The van der Waals surface area contributed by atoms with Gasteiger partial charge in [0.15, 0.2) is 6.17 Å². The number of carbonyl (C=O) groups excluding carboxylic acids is 1. The van der Waals surface area contributed by atoms with Crippen molar-refractivity contribution < 1.29 is 13.9 Å². The van der Waals surface area contributed by atoms with Gasteiger partial charge in [0.2, 0.25) is 5.88 Å². The summed E-state index contributed by atoms with van der Waals surface area (Å²) in [6.07, 6.45) is 1.03. The normalized spacial score (nSPS) is 15.1. The Morgan fingerprint density at radius 3 is 2.72 bits per heavy atom. The van der Waals surface area contributed by atoms with Crippen LogP contribution in [0.25, 0.3) is 0 Å². The lowest BCUT2D eigenvalue weighted by Gasteiger charge is -2.36. The maximum absolute atomic E-state index is 12.7. The second-order valence-electron chi connectivity index (χ2n) is 7.02. The van der Waals surface area contributed by atoms with E-state index in [1.54, 1.807) is 24.8 Å². The number of nitrogens with zero attached hydrogens (tertiary/aromatic N) is 2. The third kappa shape index (κ3) is 3.58. The molecule has 2 aromatic heterocycles. The minimum absolute atomic E-state index is 0.271. The molecule has 0 fully saturated rings. The van der Waals surface area contributed by atoms with E-state index >= 15 is 0 Å². The largest absolute Gasteiger partial charge is 0.497 e. The second kappa shape index (κ2) is 8.20. The Hall–Kier alpha value is -4.11. The van der Waals surface area contributed by atoms with E-state index in [0.717, 1.165) is 11.4 Å². The summed E-state index contributed by atoms with van der Waals surface area (Å²) in [6.45, 7) is 0. The first-order chi connectivity index (χ1) is 15.6. The average molecular weight is 446 g/mol. The summed E-state index contributed by atoms with van der Waals surface area (Å²) in [7, 11) is 1.61. The van der Waals surface area contributed by atoms with Crippen molar-refractivity contribution in [3.05, 3.63) is 88.6 Å². The van der Waals surface area contributed by atoms with Crippen LogP contribution in [-0.2, 0) is 0 Å². The number of anilines is 3. The molecule has 8 nitrogen and oxygen atoms in total. The van der Waals surface area contributed by atoms with Crippen molar-refractivity contribution in [3.63, 3.8) is 0 Å². The fraction of sp³-hybridized carbons (Fsp3) is 0.0870. The molecule has 9 heteroatoms. The molecule has 1 unspecified atom stereocenters. The molecule has 0 radical (unpaired) electrons. The molecular formula is C23H19N5O3S. The molecule has 0 saturated heterocycles. The Kier molecular flexibility index (Phi) is 5.08. The predicted molar refractivity (Wildman–Crippen MR) is 124 cm³/mol. The number of fused-ring (bicyclic) bond motifs is 1. The van der Waals surface area contributed by atoms with E-state index < -0.39 is 6.17 Å². The molecule has 0 bridgehead atoms. The Morgan fingerprint density at radius 2 is 1.97 bits per heavy atom. The van der Waals surface area contributed by atoms with Gasteiger partial charge >= 0.3 is 0 Å². The fourth-order valence-electron chi connectivity index (χ4n) is 3.48. The molecule has 0 aliphatic carbocycles. The lowest BCUT2D eigenvalue weighted by Crippen LogP contribution is -2.42. The van der Waals surface area contributed by atoms with Crippen LogP contribution in [0.4, 0.5) is 17.3 Å². The van der Waals surface area contributed by atoms with Crippen LogP contribution in [0.2, 0.25) is 0 Å². The first-order valence-electron chi connectivity index (χ1n) is 9.82. The van der Waals surface area contributed by atoms with Gasteiger partial charge in [-0.25, -0.2) is 4.98 Å². The lowest BCUT2D eigenvalue weighted by molar-refractivity contribution is 0.102. The molecule has 1 aliphatic heterocycles. The highest BCUT2D eigenvalue weighted by Gasteiger charge is 2.35. The van der Waals surface area contributed by atoms with Gasteiger partial charge in [-0.1, -0.05) is 18.2 Å². The van der Waals surface area contributed by atoms with E-state index in [4.69, 9.17) is 14.6 Å². The van der Waals surface area contributed by atoms with Gasteiger partial charge in [0.05, 0.1) is 18.9 Å². The van der Waals surface area contributed by atoms with Gasteiger partial charge in [-0.05, 0) is 42.5 Å². The summed E-state index contributed by atoms with van der Waals surface area (Å²) in [5.41, 5.74) is 2.44. The van der Waals surface area contributed by atoms with Crippen LogP contribution in [0.1, 0.15) is 27.2 Å². The Labute approximate surface area is 188 Å². The van der Waals surface area contributed by atoms with E-state index in [0.29, 0.717) is 27.8 Å². The monoisotopic (exact) mass is 445 g/mol. The van der Waals surface area contributed by atoms with Gasteiger partial charge in [0.1, 0.15) is 22.3 Å². The number of aromatic nitrogens is 1. The van der Waals surface area contributed by atoms with Gasteiger partial charge in [-0.3, -0.25) is 15.1 Å². The minimum Gasteiger partial charge on any atom is -0.497 e. The van der Waals surface area contributed by atoms with Gasteiger partial charge in [-0.15, -0.1) is 11.3 Å². The van der Waals surface area contributed by atoms with Gasteiger partial charge in [0.25, 0.3) is 5.91 Å². The number of furan rings is 1. The quantitative estimate of drug-likeness (QED) is 0.401. The van der Waals surface area contributed by atoms with Crippen LogP contribution in [-0.4, -0.2) is 23.8 Å². The third-order valence-corrected chi connectivity index (χ3v) is 5.96. The molecule has 3 N–H and O–H groups in total. The number of hydrogen-bond donors (Lipinski definition) is 3. The molecule has 3 heterocycles. The smallest absolute Gasteiger partial charge is 0.275 e. The number of nitrogens with one attached hydrogen (secondary N) is 3. The number of benzene rings is 2. The first-order valence-corrected chi connectivity index (χ1v) is 10.7. The van der Waals surface area contributed by atoms with Crippen LogP contribution >= 0.6 is 11.3 Å². The maximum Gasteiger partial charge on any atom is 0.275 e. The molecule has 32 heavy (non-hydrogen) atoms. The van der Waals surface area contributed by atoms with Crippen molar-refractivity contribution in [1.82, 2.24) is 4.98 Å². The Balaban J connectivity index is 1.47. The number of carbonyl (C=O) groups is 1. The zero-order valence-electron chi connectivity index (χ0n) is 17.0. The molecule has 2 aromatic carbocycles. The lowest BCUT2D eigenvalue weighted by atomic mass is 10.1. The van der Waals surface area contributed by atoms with Gasteiger partial charge < -0.3 is 19.8 Å². The molecule has 1 atom stereocenters. The van der Waals surface area contributed by atoms with E-state index in [2.05, 4.69) is 15.6 Å². The van der Waals surface area contributed by atoms with Crippen LogP contribution < -0.4 is 20.3 Å². The zero-order chi connectivity index (χ0) is 22.1. The van der Waals surface area contributed by atoms with Crippen molar-refractivity contribution in [3.8, 4) is 5.75 Å². The number of hydrogen-bond acceptors (Lipinski definition) is 7. The Bertz CT molecular complexity index is 1270. The number of rotatable bonds is 5. The number of amidine groups is 1. The summed E-state index contributed by atoms with van der Waals surface area (Å²) >= 11 is 1.34. The summed E-state index contributed by atoms with van der Waals surface area (Å²) in [5.74, 6) is 1.20. The van der Waals surface area contributed by atoms with Crippen LogP contribution in [0.5, 0.6) is 5.75 Å². The van der Waals surface area contributed by atoms with Gasteiger partial charge in [0, 0.05) is 16.8 Å². The highest BCUT2D eigenvalue weighted by Crippen LogP contribution is 2.38. The van der Waals surface area contributed by atoms with Crippen molar-refractivity contribution in [2.24, 2.45) is 0 Å². The molecule has 0 spiro atoms. The topological polar surface area (TPSA) is 103 Å². The summed E-state index contributed by atoms with van der Waals surface area (Å²) in [4.78, 5) is 19.1. The molecule has 160 valence electrons. The molecule has 1 amide bonds. The number of para-hydroxylation sites is 1. The van der Waals surface area contributed by atoms with E-state index in [-0.39, 0.29) is 11.7 Å².